The molecule has 1 aromatic carbocycles. The van der Waals surface area contributed by atoms with E-state index in [4.69, 9.17) is 16.7 Å². The highest BCUT2D eigenvalue weighted by Gasteiger charge is 2.30. The number of carbonyl (C=O) groups excluding carboxylic acids is 1. The minimum atomic E-state index is -2.01. The lowest BCUT2D eigenvalue weighted by atomic mass is 10.1. The molecule has 0 saturated carbocycles. The number of carboxylic acids is 1. The smallest absolute Gasteiger partial charge is 0.337 e. The molecule has 0 aliphatic rings. The Labute approximate surface area is 150 Å². The van der Waals surface area contributed by atoms with E-state index in [0.29, 0.717) is 10.7 Å². The van der Waals surface area contributed by atoms with Crippen LogP contribution in [0.5, 0.6) is 0 Å². The van der Waals surface area contributed by atoms with E-state index in [1.54, 1.807) is 23.7 Å². The third kappa shape index (κ3) is 4.37. The molecular formula is C17H20ClN3O4. The van der Waals surface area contributed by atoms with Gasteiger partial charge in [0.25, 0.3) is 0 Å². The van der Waals surface area contributed by atoms with Gasteiger partial charge in [0, 0.05) is 16.3 Å². The number of nitrogens with one attached hydrogen (secondary N) is 1. The van der Waals surface area contributed by atoms with E-state index in [2.05, 4.69) is 10.4 Å². The van der Waals surface area contributed by atoms with Crippen molar-refractivity contribution in [3.05, 3.63) is 46.2 Å². The molecule has 0 radical (unpaired) electrons. The molecule has 134 valence electrons. The molecule has 0 bridgehead atoms. The fraction of sp³-hybridized carbons (Fsp3) is 0.353. The SMILES string of the molecule is Cc1nn(-c2ccc(Cl)cc2)c(C)c1CC(=O)NCC(C)(O)C(=O)O. The van der Waals surface area contributed by atoms with Crippen LogP contribution in [-0.2, 0) is 16.0 Å². The van der Waals surface area contributed by atoms with E-state index in [0.717, 1.165) is 23.9 Å². The number of hydrogen-bond acceptors (Lipinski definition) is 4. The minimum absolute atomic E-state index is 0.0426. The average Bonchev–Trinajstić information content (AvgIpc) is 2.82. The van der Waals surface area contributed by atoms with E-state index in [1.807, 2.05) is 19.1 Å². The summed E-state index contributed by atoms with van der Waals surface area (Å²) in [6.45, 7) is 4.41. The maximum atomic E-state index is 12.1. The molecule has 3 N–H and O–H groups in total. The summed E-state index contributed by atoms with van der Waals surface area (Å²) in [5.74, 6) is -1.78. The van der Waals surface area contributed by atoms with Crippen molar-refractivity contribution in [1.29, 1.82) is 0 Å². The Balaban J connectivity index is 2.14. The minimum Gasteiger partial charge on any atom is -0.479 e. The number of halogens is 1. The Kier molecular flexibility index (Phi) is 5.49. The van der Waals surface area contributed by atoms with E-state index >= 15 is 0 Å². The predicted molar refractivity (Wildman–Crippen MR) is 93.0 cm³/mol. The molecule has 25 heavy (non-hydrogen) atoms. The number of nitrogens with zero attached hydrogens (tertiary/aromatic N) is 2. The Morgan fingerprint density at radius 3 is 2.44 bits per heavy atom. The van der Waals surface area contributed by atoms with E-state index < -0.39 is 11.6 Å². The molecule has 0 aliphatic carbocycles. The van der Waals surface area contributed by atoms with Gasteiger partial charge in [-0.15, -0.1) is 0 Å². The van der Waals surface area contributed by atoms with Gasteiger partial charge in [0.05, 0.1) is 24.3 Å². The lowest BCUT2D eigenvalue weighted by Crippen LogP contribution is -2.46. The van der Waals surface area contributed by atoms with Gasteiger partial charge in [-0.05, 0) is 45.0 Å². The molecule has 1 atom stereocenters. The summed E-state index contributed by atoms with van der Waals surface area (Å²) in [5.41, 5.74) is 1.08. The highest BCUT2D eigenvalue weighted by Crippen LogP contribution is 2.20. The van der Waals surface area contributed by atoms with Crippen molar-refractivity contribution in [2.24, 2.45) is 0 Å². The quantitative estimate of drug-likeness (QED) is 0.721. The van der Waals surface area contributed by atoms with Crippen molar-refractivity contribution in [3.63, 3.8) is 0 Å². The van der Waals surface area contributed by atoms with E-state index in [9.17, 15) is 14.7 Å². The molecule has 2 rings (SSSR count). The molecule has 1 unspecified atom stereocenters. The van der Waals surface area contributed by atoms with Crippen molar-refractivity contribution in [2.75, 3.05) is 6.54 Å². The van der Waals surface area contributed by atoms with Crippen LogP contribution in [0.2, 0.25) is 5.02 Å². The number of aromatic nitrogens is 2. The van der Waals surface area contributed by atoms with Gasteiger partial charge in [-0.1, -0.05) is 11.6 Å². The van der Waals surface area contributed by atoms with Crippen molar-refractivity contribution in [3.8, 4) is 5.69 Å². The number of aryl methyl sites for hydroxylation is 1. The molecule has 0 fully saturated rings. The van der Waals surface area contributed by atoms with E-state index in [1.165, 1.54) is 0 Å². The van der Waals surface area contributed by atoms with Crippen LogP contribution in [0.1, 0.15) is 23.9 Å². The molecule has 0 spiro atoms. The summed E-state index contributed by atoms with van der Waals surface area (Å²) < 4.78 is 1.72. The topological polar surface area (TPSA) is 104 Å². The normalized spacial score (nSPS) is 13.3. The second-order valence-electron chi connectivity index (χ2n) is 6.07. The highest BCUT2D eigenvalue weighted by atomic mass is 35.5. The third-order valence-corrected chi connectivity index (χ3v) is 4.19. The van der Waals surface area contributed by atoms with Gasteiger partial charge >= 0.3 is 5.97 Å². The fourth-order valence-electron chi connectivity index (χ4n) is 2.33. The first-order valence-electron chi connectivity index (χ1n) is 7.65. The van der Waals surface area contributed by atoms with Gasteiger partial charge in [-0.25, -0.2) is 9.48 Å². The van der Waals surface area contributed by atoms with Gasteiger partial charge in [0.2, 0.25) is 5.91 Å². The second kappa shape index (κ2) is 7.25. The fourth-order valence-corrected chi connectivity index (χ4v) is 2.46. The zero-order chi connectivity index (χ0) is 18.8. The number of rotatable bonds is 6. The predicted octanol–water partition coefficient (Wildman–Crippen LogP) is 1.64. The lowest BCUT2D eigenvalue weighted by Gasteiger charge is -2.18. The molecule has 0 saturated heterocycles. The standard InChI is InChI=1S/C17H20ClN3O4/c1-10-14(8-15(22)19-9-17(3,25)16(23)24)11(2)21(20-10)13-6-4-12(18)5-7-13/h4-7,25H,8-9H2,1-3H3,(H,19,22)(H,23,24). The molecule has 1 amide bonds. The van der Waals surface area contributed by atoms with Crippen molar-refractivity contribution in [2.45, 2.75) is 32.8 Å². The van der Waals surface area contributed by atoms with Crippen LogP contribution in [0.4, 0.5) is 0 Å². The average molecular weight is 366 g/mol. The Morgan fingerprint density at radius 1 is 1.28 bits per heavy atom. The summed E-state index contributed by atoms with van der Waals surface area (Å²) in [5, 5.41) is 26.0. The summed E-state index contributed by atoms with van der Waals surface area (Å²) in [6.07, 6.45) is 0.0426. The number of carbonyl (C=O) groups is 2. The zero-order valence-electron chi connectivity index (χ0n) is 14.2. The first-order valence-corrected chi connectivity index (χ1v) is 8.03. The maximum absolute atomic E-state index is 12.1. The van der Waals surface area contributed by atoms with Crippen molar-refractivity contribution in [1.82, 2.24) is 15.1 Å². The van der Waals surface area contributed by atoms with Crippen LogP contribution in [-0.4, -0.2) is 44.0 Å². The van der Waals surface area contributed by atoms with Crippen LogP contribution in [0.15, 0.2) is 24.3 Å². The number of aliphatic carboxylic acids is 1. The van der Waals surface area contributed by atoms with Gasteiger partial charge in [-0.3, -0.25) is 4.79 Å². The first-order chi connectivity index (χ1) is 11.6. The number of carboxylic acid groups (broad SMARTS) is 1. The lowest BCUT2D eigenvalue weighted by molar-refractivity contribution is -0.156. The van der Waals surface area contributed by atoms with Gasteiger partial charge < -0.3 is 15.5 Å². The largest absolute Gasteiger partial charge is 0.479 e. The third-order valence-electron chi connectivity index (χ3n) is 3.94. The highest BCUT2D eigenvalue weighted by molar-refractivity contribution is 6.30. The second-order valence-corrected chi connectivity index (χ2v) is 6.51. The number of aliphatic hydroxyl groups is 1. The Bertz CT molecular complexity index is 797. The Hall–Kier alpha value is -2.38. The zero-order valence-corrected chi connectivity index (χ0v) is 15.0. The molecule has 2 aromatic rings. The van der Waals surface area contributed by atoms with E-state index in [-0.39, 0.29) is 18.9 Å². The number of hydrogen-bond donors (Lipinski definition) is 3. The Morgan fingerprint density at radius 2 is 1.88 bits per heavy atom. The summed E-state index contributed by atoms with van der Waals surface area (Å²) in [6, 6.07) is 7.17. The van der Waals surface area contributed by atoms with Crippen LogP contribution >= 0.6 is 11.6 Å². The van der Waals surface area contributed by atoms with Crippen molar-refractivity contribution >= 4 is 23.5 Å². The molecule has 1 aromatic heterocycles. The molecule has 0 aliphatic heterocycles. The molecule has 1 heterocycles. The first kappa shape index (κ1) is 19.0. The number of benzene rings is 1. The van der Waals surface area contributed by atoms with Gasteiger partial charge in [-0.2, -0.15) is 5.10 Å². The number of amides is 1. The summed E-state index contributed by atoms with van der Waals surface area (Å²) >= 11 is 5.89. The maximum Gasteiger partial charge on any atom is 0.337 e. The van der Waals surface area contributed by atoms with Crippen LogP contribution in [0.25, 0.3) is 5.69 Å². The van der Waals surface area contributed by atoms with Gasteiger partial charge in [0.15, 0.2) is 5.60 Å². The van der Waals surface area contributed by atoms with Crippen LogP contribution < -0.4 is 5.32 Å². The molecular weight excluding hydrogens is 346 g/mol. The van der Waals surface area contributed by atoms with Crippen molar-refractivity contribution < 1.29 is 19.8 Å². The molecule has 8 heteroatoms. The summed E-state index contributed by atoms with van der Waals surface area (Å²) in [7, 11) is 0. The summed E-state index contributed by atoms with van der Waals surface area (Å²) in [4.78, 5) is 23.0. The van der Waals surface area contributed by atoms with Crippen LogP contribution in [0, 0.1) is 13.8 Å². The molecule has 7 nitrogen and oxygen atoms in total. The monoisotopic (exact) mass is 365 g/mol. The van der Waals surface area contributed by atoms with Gasteiger partial charge in [0.1, 0.15) is 0 Å². The van der Waals surface area contributed by atoms with Crippen LogP contribution in [0.3, 0.4) is 0 Å².